The van der Waals surface area contributed by atoms with Gasteiger partial charge in [0, 0.05) is 6.92 Å². The first-order valence-corrected chi connectivity index (χ1v) is 13.3. The molecule has 0 aliphatic carbocycles. The van der Waals surface area contributed by atoms with Gasteiger partial charge in [-0.05, 0) is 35.8 Å². The average molecular weight is 439 g/mol. The van der Waals surface area contributed by atoms with Crippen LogP contribution in [0.5, 0.6) is 5.75 Å². The van der Waals surface area contributed by atoms with Crippen molar-refractivity contribution < 1.29 is 32.9 Å². The van der Waals surface area contributed by atoms with Gasteiger partial charge in [-0.3, -0.25) is 4.79 Å². The van der Waals surface area contributed by atoms with E-state index in [9.17, 15) is 4.79 Å². The van der Waals surface area contributed by atoms with Gasteiger partial charge in [0.15, 0.2) is 20.7 Å². The van der Waals surface area contributed by atoms with E-state index in [4.69, 9.17) is 28.1 Å². The van der Waals surface area contributed by atoms with Crippen LogP contribution in [0.3, 0.4) is 0 Å². The maximum absolute atomic E-state index is 11.8. The highest BCUT2D eigenvalue weighted by atomic mass is 28.4. The first kappa shape index (κ1) is 23.2. The third-order valence-corrected chi connectivity index (χ3v) is 10.6. The summed E-state index contributed by atoms with van der Waals surface area (Å²) in [4.78, 5) is 11.8. The number of methoxy groups -OCH3 is 1. The number of esters is 1. The Kier molecular flexibility index (Phi) is 6.93. The zero-order valence-electron chi connectivity index (χ0n) is 19.0. The van der Waals surface area contributed by atoms with E-state index in [0.717, 1.165) is 11.3 Å². The molecule has 0 radical (unpaired) electrons. The zero-order valence-corrected chi connectivity index (χ0v) is 20.0. The summed E-state index contributed by atoms with van der Waals surface area (Å²) in [6, 6.07) is 7.69. The van der Waals surface area contributed by atoms with Gasteiger partial charge < -0.3 is 28.1 Å². The smallest absolute Gasteiger partial charge is 0.303 e. The van der Waals surface area contributed by atoms with Crippen LogP contribution in [0.4, 0.5) is 0 Å². The van der Waals surface area contributed by atoms with Crippen LogP contribution in [0.2, 0.25) is 18.1 Å². The van der Waals surface area contributed by atoms with Crippen LogP contribution in [-0.2, 0) is 34.8 Å². The fourth-order valence-electron chi connectivity index (χ4n) is 3.42. The number of hydrogen-bond donors (Lipinski definition) is 0. The van der Waals surface area contributed by atoms with Crippen LogP contribution < -0.4 is 4.74 Å². The predicted molar refractivity (Wildman–Crippen MR) is 114 cm³/mol. The lowest BCUT2D eigenvalue weighted by molar-refractivity contribution is -0.245. The largest absolute Gasteiger partial charge is 0.497 e. The molecule has 0 spiro atoms. The monoisotopic (exact) mass is 438 g/mol. The molecule has 0 N–H and O–H groups in total. The first-order valence-electron chi connectivity index (χ1n) is 10.4. The van der Waals surface area contributed by atoms with Crippen LogP contribution in [0.1, 0.15) is 33.3 Å². The van der Waals surface area contributed by atoms with Gasteiger partial charge in [-0.1, -0.05) is 32.9 Å². The van der Waals surface area contributed by atoms with Gasteiger partial charge in [0.05, 0.1) is 20.3 Å². The summed E-state index contributed by atoms with van der Waals surface area (Å²) in [5.41, 5.74) is 0.989. The van der Waals surface area contributed by atoms with Crippen molar-refractivity contribution in [3.05, 3.63) is 29.8 Å². The van der Waals surface area contributed by atoms with Gasteiger partial charge in [0.25, 0.3) is 0 Å². The van der Waals surface area contributed by atoms with Crippen molar-refractivity contribution in [1.82, 2.24) is 0 Å². The molecule has 2 saturated heterocycles. The maximum Gasteiger partial charge on any atom is 0.303 e. The number of ether oxygens (including phenoxy) is 5. The topological polar surface area (TPSA) is 72.5 Å². The molecule has 1 aromatic rings. The Labute approximate surface area is 180 Å². The number of fused-ring (bicyclic) bond motifs is 2. The van der Waals surface area contributed by atoms with Gasteiger partial charge >= 0.3 is 5.97 Å². The number of carbonyl (C=O) groups excluding carboxylic acids is 1. The van der Waals surface area contributed by atoms with Crippen molar-refractivity contribution in [3.63, 3.8) is 0 Å². The van der Waals surface area contributed by atoms with Crippen molar-refractivity contribution in [3.8, 4) is 5.75 Å². The minimum absolute atomic E-state index is 0.0000834. The quantitative estimate of drug-likeness (QED) is 0.475. The van der Waals surface area contributed by atoms with Gasteiger partial charge in [-0.2, -0.15) is 0 Å². The molecule has 2 fully saturated rings. The Balaban J connectivity index is 1.83. The number of carbonyl (C=O) groups is 1. The molecule has 2 aliphatic heterocycles. The number of rotatable bonds is 7. The molecule has 168 valence electrons. The van der Waals surface area contributed by atoms with Crippen molar-refractivity contribution >= 4 is 14.3 Å². The molecule has 8 heteroatoms. The Hall–Kier alpha value is -1.45. The van der Waals surface area contributed by atoms with Crippen molar-refractivity contribution in [1.29, 1.82) is 0 Å². The Morgan fingerprint density at radius 2 is 1.80 bits per heavy atom. The fraction of sp³-hybridized carbons (Fsp3) is 0.682. The summed E-state index contributed by atoms with van der Waals surface area (Å²) in [6.07, 6.45) is -2.45. The van der Waals surface area contributed by atoms with E-state index < -0.39 is 32.9 Å². The second-order valence-electron chi connectivity index (χ2n) is 9.42. The SMILES string of the molecule is COc1ccc(CO[C@H]2[C@@H](OC(C)=O)[C@H]3CO[C@H](O3)[C@@H]2O[Si](C)(C)C(C)(C)C)cc1. The van der Waals surface area contributed by atoms with Crippen LogP contribution in [0.25, 0.3) is 0 Å². The molecule has 2 aliphatic rings. The lowest BCUT2D eigenvalue weighted by Gasteiger charge is -2.46. The highest BCUT2D eigenvalue weighted by Gasteiger charge is 2.56. The molecule has 7 nitrogen and oxygen atoms in total. The van der Waals surface area contributed by atoms with Gasteiger partial charge in [-0.25, -0.2) is 0 Å². The Bertz CT molecular complexity index is 728. The van der Waals surface area contributed by atoms with Crippen molar-refractivity contribution in [2.45, 2.75) is 83.1 Å². The average Bonchev–Trinajstić information content (AvgIpc) is 3.10. The summed E-state index contributed by atoms with van der Waals surface area (Å²) in [7, 11) is -0.526. The summed E-state index contributed by atoms with van der Waals surface area (Å²) >= 11 is 0. The molecule has 5 atom stereocenters. The van der Waals surface area contributed by atoms with Crippen LogP contribution in [0, 0.1) is 0 Å². The Morgan fingerprint density at radius 3 is 2.37 bits per heavy atom. The molecule has 2 heterocycles. The second-order valence-corrected chi connectivity index (χ2v) is 14.2. The third kappa shape index (κ3) is 5.05. The summed E-state index contributed by atoms with van der Waals surface area (Å²) in [5.74, 6) is 0.409. The highest BCUT2D eigenvalue weighted by molar-refractivity contribution is 6.74. The summed E-state index contributed by atoms with van der Waals surface area (Å²) in [5, 5.41) is -0.0000834. The molecule has 1 aromatic carbocycles. The van der Waals surface area contributed by atoms with E-state index in [0.29, 0.717) is 13.2 Å². The molecule has 0 amide bonds. The van der Waals surface area contributed by atoms with Gasteiger partial charge in [0.2, 0.25) is 0 Å². The van der Waals surface area contributed by atoms with Crippen LogP contribution in [-0.4, -0.2) is 58.7 Å². The number of benzene rings is 1. The van der Waals surface area contributed by atoms with Crippen molar-refractivity contribution in [2.24, 2.45) is 0 Å². The van der Waals surface area contributed by atoms with Gasteiger partial charge in [0.1, 0.15) is 24.1 Å². The molecule has 30 heavy (non-hydrogen) atoms. The van der Waals surface area contributed by atoms with Crippen LogP contribution in [0.15, 0.2) is 24.3 Å². The summed E-state index contributed by atoms with van der Waals surface area (Å²) in [6.45, 7) is 13.0. The maximum atomic E-state index is 11.8. The zero-order chi connectivity index (χ0) is 22.1. The van der Waals surface area contributed by atoms with E-state index in [1.54, 1.807) is 7.11 Å². The molecule has 0 unspecified atom stereocenters. The standard InChI is InChI=1S/C22H34O7Si/c1-14(23)27-18-17-13-26-21(28-17)20(29-30(6,7)22(2,3)4)19(18)25-12-15-8-10-16(24-5)11-9-15/h8-11,17-21H,12-13H2,1-7H3/t17-,18+,19+,20-,21-/m1/s1. The van der Waals surface area contributed by atoms with Crippen molar-refractivity contribution in [2.75, 3.05) is 13.7 Å². The van der Waals surface area contributed by atoms with E-state index in [1.165, 1.54) is 6.92 Å². The van der Waals surface area contributed by atoms with Crippen LogP contribution >= 0.6 is 0 Å². The fourth-order valence-corrected chi connectivity index (χ4v) is 4.70. The molecule has 2 bridgehead atoms. The second kappa shape index (κ2) is 8.96. The first-order chi connectivity index (χ1) is 14.0. The van der Waals surface area contributed by atoms with Gasteiger partial charge in [-0.15, -0.1) is 0 Å². The van der Waals surface area contributed by atoms with E-state index in [2.05, 4.69) is 33.9 Å². The molecular formula is C22H34O7Si. The van der Waals surface area contributed by atoms with E-state index in [-0.39, 0.29) is 17.1 Å². The predicted octanol–water partition coefficient (Wildman–Crippen LogP) is 3.66. The van der Waals surface area contributed by atoms with E-state index in [1.807, 2.05) is 24.3 Å². The summed E-state index contributed by atoms with van der Waals surface area (Å²) < 4.78 is 35.7. The highest BCUT2D eigenvalue weighted by Crippen LogP contribution is 2.42. The third-order valence-electron chi connectivity index (χ3n) is 6.16. The minimum atomic E-state index is -2.16. The normalized spacial score (nSPS) is 29.0. The number of hydrogen-bond acceptors (Lipinski definition) is 7. The Morgan fingerprint density at radius 1 is 1.13 bits per heavy atom. The molecular weight excluding hydrogens is 404 g/mol. The lowest BCUT2D eigenvalue weighted by Crippen LogP contribution is -2.60. The minimum Gasteiger partial charge on any atom is -0.497 e. The molecule has 0 aromatic heterocycles. The molecule has 3 rings (SSSR count). The van der Waals surface area contributed by atoms with E-state index >= 15 is 0 Å². The molecule has 0 saturated carbocycles. The lowest BCUT2D eigenvalue weighted by atomic mass is 10.0.